The van der Waals surface area contributed by atoms with Crippen LogP contribution in [0, 0.1) is 13.8 Å². The van der Waals surface area contributed by atoms with E-state index in [0.717, 1.165) is 11.3 Å². The fraction of sp³-hybridized carbons (Fsp3) is 0.200. The average molecular weight is 272 g/mol. The summed E-state index contributed by atoms with van der Waals surface area (Å²) in [4.78, 5) is 16.1. The predicted molar refractivity (Wildman–Crippen MR) is 76.4 cm³/mol. The molecule has 0 aliphatic heterocycles. The summed E-state index contributed by atoms with van der Waals surface area (Å²) >= 11 is 0. The van der Waals surface area contributed by atoms with E-state index in [-0.39, 0.29) is 0 Å². The van der Waals surface area contributed by atoms with Crippen LogP contribution in [-0.2, 0) is 0 Å². The predicted octanol–water partition coefficient (Wildman–Crippen LogP) is 3.32. The molecule has 2 aromatic rings. The number of ether oxygens (including phenoxy) is 2. The van der Waals surface area contributed by atoms with Crippen LogP contribution in [0.3, 0.4) is 0 Å². The van der Waals surface area contributed by atoms with Gasteiger partial charge in [-0.25, -0.2) is 9.78 Å². The zero-order valence-corrected chi connectivity index (χ0v) is 11.6. The summed E-state index contributed by atoms with van der Waals surface area (Å²) in [5.74, 6) is 0.832. The standard InChI is InChI=1S/C15H16N2O3/c1-10-9-13(14(19-3)16-11(10)2)17-15(18)20-12-7-5-4-6-8-12/h4-9H,1-3H3,(H,17,18). The lowest BCUT2D eigenvalue weighted by atomic mass is 10.2. The lowest BCUT2D eigenvalue weighted by Crippen LogP contribution is -2.17. The average Bonchev–Trinajstić information content (AvgIpc) is 2.43. The number of methoxy groups -OCH3 is 1. The second-order valence-corrected chi connectivity index (χ2v) is 4.28. The maximum absolute atomic E-state index is 11.8. The molecule has 0 unspecified atom stereocenters. The van der Waals surface area contributed by atoms with E-state index in [1.807, 2.05) is 19.9 Å². The van der Waals surface area contributed by atoms with Crippen LogP contribution in [0.4, 0.5) is 10.5 Å². The molecule has 0 aliphatic rings. The van der Waals surface area contributed by atoms with Crippen LogP contribution < -0.4 is 14.8 Å². The Hall–Kier alpha value is -2.56. The van der Waals surface area contributed by atoms with Gasteiger partial charge in [0.2, 0.25) is 5.88 Å². The van der Waals surface area contributed by atoms with Crippen molar-refractivity contribution < 1.29 is 14.3 Å². The smallest absolute Gasteiger partial charge is 0.417 e. The minimum absolute atomic E-state index is 0.359. The number of nitrogens with one attached hydrogen (secondary N) is 1. The van der Waals surface area contributed by atoms with Crippen LogP contribution >= 0.6 is 0 Å². The van der Waals surface area contributed by atoms with Gasteiger partial charge in [-0.1, -0.05) is 18.2 Å². The van der Waals surface area contributed by atoms with Gasteiger partial charge in [-0.3, -0.25) is 5.32 Å². The molecule has 0 saturated heterocycles. The van der Waals surface area contributed by atoms with Crippen molar-refractivity contribution >= 4 is 11.8 Å². The molecule has 104 valence electrons. The van der Waals surface area contributed by atoms with Crippen molar-refractivity contribution in [1.29, 1.82) is 0 Å². The number of nitrogens with zero attached hydrogens (tertiary/aromatic N) is 1. The molecule has 1 N–H and O–H groups in total. The number of carbonyl (C=O) groups is 1. The summed E-state index contributed by atoms with van der Waals surface area (Å²) in [6, 6.07) is 10.6. The van der Waals surface area contributed by atoms with Gasteiger partial charge in [0.25, 0.3) is 0 Å². The van der Waals surface area contributed by atoms with E-state index in [2.05, 4.69) is 10.3 Å². The summed E-state index contributed by atoms with van der Waals surface area (Å²) < 4.78 is 10.3. The first-order chi connectivity index (χ1) is 9.60. The van der Waals surface area contributed by atoms with Crippen molar-refractivity contribution in [2.75, 3.05) is 12.4 Å². The van der Waals surface area contributed by atoms with Crippen LogP contribution in [-0.4, -0.2) is 18.2 Å². The molecule has 1 aromatic carbocycles. The van der Waals surface area contributed by atoms with E-state index in [1.165, 1.54) is 7.11 Å². The van der Waals surface area contributed by atoms with E-state index in [1.54, 1.807) is 30.3 Å². The summed E-state index contributed by atoms with van der Waals surface area (Å²) in [6.07, 6.45) is -0.584. The third-order valence-electron chi connectivity index (χ3n) is 2.82. The second-order valence-electron chi connectivity index (χ2n) is 4.28. The maximum Gasteiger partial charge on any atom is 0.417 e. The maximum atomic E-state index is 11.8. The molecule has 0 bridgehead atoms. The van der Waals surface area contributed by atoms with Crippen molar-refractivity contribution in [2.24, 2.45) is 0 Å². The molecule has 0 saturated carbocycles. The van der Waals surface area contributed by atoms with Crippen LogP contribution in [0.5, 0.6) is 11.6 Å². The molecular formula is C15H16N2O3. The Morgan fingerprint density at radius 2 is 1.90 bits per heavy atom. The molecule has 0 aliphatic carbocycles. The molecule has 0 radical (unpaired) electrons. The van der Waals surface area contributed by atoms with Gasteiger partial charge in [0, 0.05) is 5.69 Å². The quantitative estimate of drug-likeness (QED) is 0.931. The van der Waals surface area contributed by atoms with E-state index in [0.29, 0.717) is 17.3 Å². The van der Waals surface area contributed by atoms with E-state index in [9.17, 15) is 4.79 Å². The Balaban J connectivity index is 2.13. The first-order valence-electron chi connectivity index (χ1n) is 6.16. The topological polar surface area (TPSA) is 60.5 Å². The SMILES string of the molecule is COc1nc(C)c(C)cc1NC(=O)Oc1ccccc1. The van der Waals surface area contributed by atoms with Gasteiger partial charge in [0.05, 0.1) is 7.11 Å². The largest absolute Gasteiger partial charge is 0.480 e. The van der Waals surface area contributed by atoms with Crippen molar-refractivity contribution in [1.82, 2.24) is 4.98 Å². The molecule has 1 aromatic heterocycles. The van der Waals surface area contributed by atoms with Gasteiger partial charge in [-0.05, 0) is 37.6 Å². The number of hydrogen-bond acceptors (Lipinski definition) is 4. The number of aryl methyl sites for hydroxylation is 2. The Bertz CT molecular complexity index is 612. The first-order valence-corrected chi connectivity index (χ1v) is 6.16. The number of amides is 1. The minimum atomic E-state index is -0.584. The second kappa shape index (κ2) is 6.06. The molecule has 2 rings (SSSR count). The molecule has 5 heteroatoms. The summed E-state index contributed by atoms with van der Waals surface area (Å²) in [7, 11) is 1.50. The number of anilines is 1. The Morgan fingerprint density at radius 1 is 1.20 bits per heavy atom. The lowest BCUT2D eigenvalue weighted by Gasteiger charge is -2.11. The molecule has 20 heavy (non-hydrogen) atoms. The van der Waals surface area contributed by atoms with Crippen molar-refractivity contribution in [2.45, 2.75) is 13.8 Å². The van der Waals surface area contributed by atoms with Crippen molar-refractivity contribution in [3.63, 3.8) is 0 Å². The van der Waals surface area contributed by atoms with Gasteiger partial charge in [-0.2, -0.15) is 0 Å². The highest BCUT2D eigenvalue weighted by Crippen LogP contribution is 2.24. The third-order valence-corrected chi connectivity index (χ3v) is 2.82. The molecule has 0 fully saturated rings. The molecular weight excluding hydrogens is 256 g/mol. The van der Waals surface area contributed by atoms with Gasteiger partial charge >= 0.3 is 6.09 Å². The Morgan fingerprint density at radius 3 is 2.55 bits per heavy atom. The van der Waals surface area contributed by atoms with Crippen molar-refractivity contribution in [3.05, 3.63) is 47.7 Å². The van der Waals surface area contributed by atoms with Crippen LogP contribution in [0.15, 0.2) is 36.4 Å². The third kappa shape index (κ3) is 3.26. The van der Waals surface area contributed by atoms with Crippen molar-refractivity contribution in [3.8, 4) is 11.6 Å². The lowest BCUT2D eigenvalue weighted by molar-refractivity contribution is 0.215. The van der Waals surface area contributed by atoms with E-state index in [4.69, 9.17) is 9.47 Å². The van der Waals surface area contributed by atoms with E-state index >= 15 is 0 Å². The van der Waals surface area contributed by atoms with Gasteiger partial charge in [-0.15, -0.1) is 0 Å². The number of rotatable bonds is 3. The molecule has 5 nitrogen and oxygen atoms in total. The fourth-order valence-electron chi connectivity index (χ4n) is 1.66. The first kappa shape index (κ1) is 13.9. The van der Waals surface area contributed by atoms with Crippen LogP contribution in [0.2, 0.25) is 0 Å². The highest BCUT2D eigenvalue weighted by molar-refractivity contribution is 5.87. The normalized spacial score (nSPS) is 9.95. The van der Waals surface area contributed by atoms with E-state index < -0.39 is 6.09 Å². The van der Waals surface area contributed by atoms with Gasteiger partial charge < -0.3 is 9.47 Å². The Labute approximate surface area is 117 Å². The summed E-state index contributed by atoms with van der Waals surface area (Å²) in [6.45, 7) is 3.79. The van der Waals surface area contributed by atoms with Gasteiger partial charge in [0.15, 0.2) is 0 Å². The zero-order chi connectivity index (χ0) is 14.5. The number of benzene rings is 1. The number of hydrogen-bond donors (Lipinski definition) is 1. The highest BCUT2D eigenvalue weighted by Gasteiger charge is 2.12. The molecule has 1 heterocycles. The number of carbonyl (C=O) groups excluding carboxylic acids is 1. The summed E-state index contributed by atoms with van der Waals surface area (Å²) in [5, 5.41) is 2.63. The molecule has 0 atom stereocenters. The minimum Gasteiger partial charge on any atom is -0.480 e. The highest BCUT2D eigenvalue weighted by atomic mass is 16.6. The number of aromatic nitrogens is 1. The molecule has 1 amide bonds. The monoisotopic (exact) mass is 272 g/mol. The van der Waals surface area contributed by atoms with Gasteiger partial charge in [0.1, 0.15) is 11.4 Å². The van der Waals surface area contributed by atoms with Crippen LogP contribution in [0.1, 0.15) is 11.3 Å². The number of pyridine rings is 1. The summed E-state index contributed by atoms with van der Waals surface area (Å²) in [5.41, 5.74) is 2.29. The Kier molecular flexibility index (Phi) is 4.20. The fourth-order valence-corrected chi connectivity index (χ4v) is 1.66. The number of para-hydroxylation sites is 1. The molecule has 0 spiro atoms. The van der Waals surface area contributed by atoms with Crippen LogP contribution in [0.25, 0.3) is 0 Å². The zero-order valence-electron chi connectivity index (χ0n) is 11.6.